The molecule has 25 heavy (non-hydrogen) atoms. The minimum absolute atomic E-state index is 0.0801. The van der Waals surface area contributed by atoms with E-state index in [2.05, 4.69) is 24.8 Å². The minimum atomic E-state index is -0.582. The molecule has 1 aliphatic rings. The van der Waals surface area contributed by atoms with Crippen molar-refractivity contribution >= 4 is 5.97 Å². The van der Waals surface area contributed by atoms with Crippen LogP contribution in [0, 0.1) is 5.92 Å². The lowest BCUT2D eigenvalue weighted by Crippen LogP contribution is -2.44. The van der Waals surface area contributed by atoms with E-state index in [1.807, 2.05) is 25.1 Å². The number of likely N-dealkylation sites (tertiary alicyclic amines) is 1. The van der Waals surface area contributed by atoms with Gasteiger partial charge in [-0.3, -0.25) is 9.69 Å². The van der Waals surface area contributed by atoms with E-state index in [0.29, 0.717) is 25.6 Å². The Hall–Kier alpha value is -1.59. The van der Waals surface area contributed by atoms with Crippen molar-refractivity contribution in [3.63, 3.8) is 0 Å². The molecule has 1 N–H and O–H groups in total. The molecule has 0 radical (unpaired) electrons. The molecule has 1 aromatic rings. The van der Waals surface area contributed by atoms with Crippen molar-refractivity contribution in [3.8, 4) is 5.75 Å². The van der Waals surface area contributed by atoms with Crippen LogP contribution in [0.4, 0.5) is 0 Å². The van der Waals surface area contributed by atoms with Gasteiger partial charge in [0.1, 0.15) is 18.5 Å². The van der Waals surface area contributed by atoms with Gasteiger partial charge in [-0.15, -0.1) is 0 Å². The number of para-hydroxylation sites is 1. The molecular weight excluding hydrogens is 318 g/mol. The molecule has 0 unspecified atom stereocenters. The number of piperidine rings is 1. The van der Waals surface area contributed by atoms with E-state index in [1.165, 1.54) is 0 Å². The van der Waals surface area contributed by atoms with Crippen LogP contribution in [-0.2, 0) is 9.53 Å². The zero-order chi connectivity index (χ0) is 18.2. The molecule has 1 fully saturated rings. The summed E-state index contributed by atoms with van der Waals surface area (Å²) in [7, 11) is 0. The number of benzene rings is 1. The molecule has 2 rings (SSSR count). The van der Waals surface area contributed by atoms with Gasteiger partial charge < -0.3 is 14.6 Å². The highest BCUT2D eigenvalue weighted by Crippen LogP contribution is 2.26. The number of hydrogen-bond donors (Lipinski definition) is 1. The Bertz CT molecular complexity index is 546. The first-order valence-electron chi connectivity index (χ1n) is 9.30. The summed E-state index contributed by atoms with van der Waals surface area (Å²) >= 11 is 0. The van der Waals surface area contributed by atoms with Crippen LogP contribution < -0.4 is 4.74 Å². The normalized spacial score (nSPS) is 19.6. The maximum absolute atomic E-state index is 11.9. The van der Waals surface area contributed by atoms with E-state index in [0.717, 1.165) is 30.7 Å². The minimum Gasteiger partial charge on any atom is -0.491 e. The highest BCUT2D eigenvalue weighted by molar-refractivity contribution is 5.72. The van der Waals surface area contributed by atoms with Crippen LogP contribution in [0.5, 0.6) is 5.75 Å². The van der Waals surface area contributed by atoms with Crippen LogP contribution in [0.3, 0.4) is 0 Å². The number of hydrogen-bond acceptors (Lipinski definition) is 5. The number of aliphatic hydroxyl groups excluding tert-OH is 1. The number of carbonyl (C=O) groups is 1. The zero-order valence-corrected chi connectivity index (χ0v) is 15.6. The third-order valence-electron chi connectivity index (χ3n) is 4.57. The summed E-state index contributed by atoms with van der Waals surface area (Å²) in [5, 5.41) is 10.3. The van der Waals surface area contributed by atoms with Gasteiger partial charge in [-0.05, 0) is 43.9 Å². The van der Waals surface area contributed by atoms with Gasteiger partial charge in [0.2, 0.25) is 0 Å². The van der Waals surface area contributed by atoms with E-state index < -0.39 is 6.10 Å². The van der Waals surface area contributed by atoms with Crippen molar-refractivity contribution in [2.24, 2.45) is 5.92 Å². The molecule has 5 heteroatoms. The summed E-state index contributed by atoms with van der Waals surface area (Å²) in [5.74, 6) is 1.01. The quantitative estimate of drug-likeness (QED) is 0.731. The number of nitrogens with zero attached hydrogens (tertiary/aromatic N) is 1. The molecule has 1 saturated heterocycles. The highest BCUT2D eigenvalue weighted by atomic mass is 16.5. The molecule has 0 spiro atoms. The summed E-state index contributed by atoms with van der Waals surface area (Å²) in [6.07, 6.45) is 1.23. The molecule has 1 aliphatic heterocycles. The fourth-order valence-electron chi connectivity index (χ4n) is 3.30. The second-order valence-electron chi connectivity index (χ2n) is 7.01. The smallest absolute Gasteiger partial charge is 0.310 e. The molecular formula is C20H31NO4. The number of β-amino-alcohol motifs (C(OH)–C–C–N with tert-alkyl or cyclic N) is 1. The Morgan fingerprint density at radius 3 is 2.84 bits per heavy atom. The number of carbonyl (C=O) groups excluding carboxylic acids is 1. The maximum Gasteiger partial charge on any atom is 0.310 e. The van der Waals surface area contributed by atoms with Gasteiger partial charge in [0.15, 0.2) is 0 Å². The molecule has 140 valence electrons. The zero-order valence-electron chi connectivity index (χ0n) is 15.6. The number of rotatable bonds is 8. The third-order valence-corrected chi connectivity index (χ3v) is 4.57. The Morgan fingerprint density at radius 1 is 1.36 bits per heavy atom. The largest absolute Gasteiger partial charge is 0.491 e. The predicted octanol–water partition coefficient (Wildman–Crippen LogP) is 2.82. The van der Waals surface area contributed by atoms with Gasteiger partial charge in [-0.25, -0.2) is 0 Å². The van der Waals surface area contributed by atoms with E-state index in [9.17, 15) is 9.90 Å². The lowest BCUT2D eigenvalue weighted by molar-refractivity contribution is -0.150. The molecule has 0 saturated carbocycles. The molecule has 5 nitrogen and oxygen atoms in total. The van der Waals surface area contributed by atoms with Crippen LogP contribution in [0.2, 0.25) is 0 Å². The van der Waals surface area contributed by atoms with Crippen molar-refractivity contribution in [3.05, 3.63) is 29.8 Å². The van der Waals surface area contributed by atoms with E-state index in [-0.39, 0.29) is 18.5 Å². The van der Waals surface area contributed by atoms with Crippen molar-refractivity contribution in [2.75, 3.05) is 32.8 Å². The summed E-state index contributed by atoms with van der Waals surface area (Å²) in [4.78, 5) is 14.0. The summed E-state index contributed by atoms with van der Waals surface area (Å²) in [6.45, 7) is 8.82. The standard InChI is InChI=1S/C20H31NO4/c1-4-24-20(23)16-8-7-11-21(12-16)13-17(22)14-25-19-10-6-5-9-18(19)15(2)3/h5-6,9-10,15-17,22H,4,7-8,11-14H2,1-3H3/t16-,17+/m0/s1. The topological polar surface area (TPSA) is 59.0 Å². The van der Waals surface area contributed by atoms with Crippen molar-refractivity contribution < 1.29 is 19.4 Å². The van der Waals surface area contributed by atoms with Crippen LogP contribution >= 0.6 is 0 Å². The average Bonchev–Trinajstić information content (AvgIpc) is 2.60. The molecule has 0 bridgehead atoms. The molecule has 1 aromatic carbocycles. The molecule has 0 aromatic heterocycles. The van der Waals surface area contributed by atoms with Crippen LogP contribution in [0.15, 0.2) is 24.3 Å². The summed E-state index contributed by atoms with van der Waals surface area (Å²) in [5.41, 5.74) is 1.15. The number of aliphatic hydroxyl groups is 1. The van der Waals surface area contributed by atoms with Crippen molar-refractivity contribution in [2.45, 2.75) is 45.6 Å². The second kappa shape index (κ2) is 9.78. The summed E-state index contributed by atoms with van der Waals surface area (Å²) in [6, 6.07) is 7.95. The first kappa shape index (κ1) is 19.7. The number of ether oxygens (including phenoxy) is 2. The van der Waals surface area contributed by atoms with Gasteiger partial charge in [-0.2, -0.15) is 0 Å². The molecule has 0 amide bonds. The van der Waals surface area contributed by atoms with Gasteiger partial charge >= 0.3 is 5.97 Å². The maximum atomic E-state index is 11.9. The lowest BCUT2D eigenvalue weighted by atomic mass is 9.98. The Labute approximate surface area is 150 Å². The first-order chi connectivity index (χ1) is 12.0. The van der Waals surface area contributed by atoms with E-state index in [4.69, 9.17) is 9.47 Å². The third kappa shape index (κ3) is 6.01. The monoisotopic (exact) mass is 349 g/mol. The fraction of sp³-hybridized carbons (Fsp3) is 0.650. The van der Waals surface area contributed by atoms with Crippen LogP contribution in [0.1, 0.15) is 45.1 Å². The van der Waals surface area contributed by atoms with Gasteiger partial charge in [0.05, 0.1) is 12.5 Å². The molecule has 2 atom stereocenters. The van der Waals surface area contributed by atoms with E-state index in [1.54, 1.807) is 0 Å². The van der Waals surface area contributed by atoms with Crippen LogP contribution in [-0.4, -0.2) is 54.9 Å². The SMILES string of the molecule is CCOC(=O)[C@H]1CCCN(C[C@@H](O)COc2ccccc2C(C)C)C1. The highest BCUT2D eigenvalue weighted by Gasteiger charge is 2.27. The molecule has 1 heterocycles. The predicted molar refractivity (Wildman–Crippen MR) is 97.8 cm³/mol. The fourth-order valence-corrected chi connectivity index (χ4v) is 3.30. The van der Waals surface area contributed by atoms with Gasteiger partial charge in [-0.1, -0.05) is 32.0 Å². The second-order valence-corrected chi connectivity index (χ2v) is 7.01. The first-order valence-corrected chi connectivity index (χ1v) is 9.30. The average molecular weight is 349 g/mol. The summed E-state index contributed by atoms with van der Waals surface area (Å²) < 4.78 is 11.0. The van der Waals surface area contributed by atoms with Crippen molar-refractivity contribution in [1.29, 1.82) is 0 Å². The Morgan fingerprint density at radius 2 is 2.12 bits per heavy atom. The Balaban J connectivity index is 1.82. The van der Waals surface area contributed by atoms with Crippen LogP contribution in [0.25, 0.3) is 0 Å². The lowest BCUT2D eigenvalue weighted by Gasteiger charge is -2.32. The van der Waals surface area contributed by atoms with E-state index >= 15 is 0 Å². The van der Waals surface area contributed by atoms with Gasteiger partial charge in [0, 0.05) is 13.1 Å². The molecule has 0 aliphatic carbocycles. The number of esters is 1. The van der Waals surface area contributed by atoms with Crippen molar-refractivity contribution in [1.82, 2.24) is 4.90 Å². The van der Waals surface area contributed by atoms with Gasteiger partial charge in [0.25, 0.3) is 0 Å². The Kier molecular flexibility index (Phi) is 7.72.